The van der Waals surface area contributed by atoms with Crippen LogP contribution in [0.15, 0.2) is 24.3 Å². The highest BCUT2D eigenvalue weighted by molar-refractivity contribution is 5.22. The lowest BCUT2D eigenvalue weighted by molar-refractivity contribution is 0.468. The molecule has 0 aliphatic heterocycles. The van der Waals surface area contributed by atoms with Crippen LogP contribution < -0.4 is 11.1 Å². The summed E-state index contributed by atoms with van der Waals surface area (Å²) >= 11 is 0. The second-order valence-electron chi connectivity index (χ2n) is 5.37. The summed E-state index contributed by atoms with van der Waals surface area (Å²) in [5.41, 5.74) is 9.01. The lowest BCUT2D eigenvalue weighted by Gasteiger charge is -2.13. The highest BCUT2D eigenvalue weighted by atomic mass is 14.9. The van der Waals surface area contributed by atoms with Gasteiger partial charge in [0.2, 0.25) is 0 Å². The van der Waals surface area contributed by atoms with E-state index in [9.17, 15) is 0 Å². The van der Waals surface area contributed by atoms with Crippen LogP contribution in [0.4, 0.5) is 0 Å². The SMILES string of the molecule is CCCc1ccc(CNCC2(CN)CC2)cc1. The summed E-state index contributed by atoms with van der Waals surface area (Å²) in [6.07, 6.45) is 5.00. The van der Waals surface area contributed by atoms with Gasteiger partial charge in [0.1, 0.15) is 0 Å². The maximum Gasteiger partial charge on any atom is 0.0205 e. The van der Waals surface area contributed by atoms with E-state index in [1.54, 1.807) is 0 Å². The van der Waals surface area contributed by atoms with E-state index in [2.05, 4.69) is 36.5 Å². The third-order valence-corrected chi connectivity index (χ3v) is 3.78. The molecule has 1 fully saturated rings. The number of aryl methyl sites for hydroxylation is 1. The molecule has 0 unspecified atom stereocenters. The van der Waals surface area contributed by atoms with E-state index in [1.165, 1.54) is 36.8 Å². The van der Waals surface area contributed by atoms with E-state index < -0.39 is 0 Å². The molecule has 1 aromatic carbocycles. The smallest absolute Gasteiger partial charge is 0.0205 e. The zero-order valence-electron chi connectivity index (χ0n) is 10.8. The number of hydrogen-bond acceptors (Lipinski definition) is 2. The molecule has 0 bridgehead atoms. The molecule has 0 saturated heterocycles. The minimum Gasteiger partial charge on any atom is -0.330 e. The number of rotatable bonds is 7. The zero-order valence-corrected chi connectivity index (χ0v) is 10.8. The molecule has 1 aliphatic rings. The van der Waals surface area contributed by atoms with Gasteiger partial charge < -0.3 is 11.1 Å². The van der Waals surface area contributed by atoms with Gasteiger partial charge in [0.15, 0.2) is 0 Å². The van der Waals surface area contributed by atoms with Crippen molar-refractivity contribution in [2.24, 2.45) is 11.1 Å². The van der Waals surface area contributed by atoms with Gasteiger partial charge in [0.25, 0.3) is 0 Å². The Morgan fingerprint density at radius 3 is 2.35 bits per heavy atom. The molecular weight excluding hydrogens is 208 g/mol. The summed E-state index contributed by atoms with van der Waals surface area (Å²) in [5, 5.41) is 3.53. The van der Waals surface area contributed by atoms with E-state index in [4.69, 9.17) is 5.73 Å². The molecule has 2 nitrogen and oxygen atoms in total. The maximum absolute atomic E-state index is 5.76. The Morgan fingerprint density at radius 1 is 1.18 bits per heavy atom. The van der Waals surface area contributed by atoms with Gasteiger partial charge >= 0.3 is 0 Å². The summed E-state index contributed by atoms with van der Waals surface area (Å²) in [7, 11) is 0. The van der Waals surface area contributed by atoms with Gasteiger partial charge in [-0.05, 0) is 42.3 Å². The van der Waals surface area contributed by atoms with E-state index >= 15 is 0 Å². The van der Waals surface area contributed by atoms with Crippen LogP contribution in [0.3, 0.4) is 0 Å². The van der Waals surface area contributed by atoms with Crippen LogP contribution in [0.1, 0.15) is 37.3 Å². The monoisotopic (exact) mass is 232 g/mol. The van der Waals surface area contributed by atoms with Gasteiger partial charge in [0.05, 0.1) is 0 Å². The molecule has 0 heterocycles. The van der Waals surface area contributed by atoms with Crippen molar-refractivity contribution >= 4 is 0 Å². The normalized spacial score (nSPS) is 17.1. The first-order chi connectivity index (χ1) is 8.28. The number of benzene rings is 1. The maximum atomic E-state index is 5.76. The average Bonchev–Trinajstić information content (AvgIpc) is 3.13. The summed E-state index contributed by atoms with van der Waals surface area (Å²) in [6, 6.07) is 8.96. The average molecular weight is 232 g/mol. The highest BCUT2D eigenvalue weighted by Gasteiger charge is 2.40. The zero-order chi connectivity index (χ0) is 12.1. The fourth-order valence-corrected chi connectivity index (χ4v) is 2.21. The molecule has 0 spiro atoms. The van der Waals surface area contributed by atoms with E-state index in [1.807, 2.05) is 0 Å². The summed E-state index contributed by atoms with van der Waals surface area (Å²) in [4.78, 5) is 0. The molecule has 0 aromatic heterocycles. The predicted octanol–water partition coefficient (Wildman–Crippen LogP) is 2.47. The molecule has 2 rings (SSSR count). The van der Waals surface area contributed by atoms with Gasteiger partial charge in [0, 0.05) is 13.1 Å². The van der Waals surface area contributed by atoms with Crippen molar-refractivity contribution in [1.29, 1.82) is 0 Å². The third-order valence-electron chi connectivity index (χ3n) is 3.78. The van der Waals surface area contributed by atoms with Gasteiger partial charge in [-0.15, -0.1) is 0 Å². The molecule has 1 aliphatic carbocycles. The molecule has 0 amide bonds. The highest BCUT2D eigenvalue weighted by Crippen LogP contribution is 2.43. The largest absolute Gasteiger partial charge is 0.330 e. The lowest BCUT2D eigenvalue weighted by atomic mass is 10.1. The Labute approximate surface area is 105 Å². The van der Waals surface area contributed by atoms with Crippen LogP contribution >= 0.6 is 0 Å². The summed E-state index contributed by atoms with van der Waals surface area (Å²) in [6.45, 7) is 5.08. The Kier molecular flexibility index (Phi) is 4.19. The van der Waals surface area contributed by atoms with Crippen LogP contribution in [-0.4, -0.2) is 13.1 Å². The number of nitrogens with one attached hydrogen (secondary N) is 1. The van der Waals surface area contributed by atoms with Crippen molar-refractivity contribution in [3.63, 3.8) is 0 Å². The summed E-state index contributed by atoms with van der Waals surface area (Å²) in [5.74, 6) is 0. The van der Waals surface area contributed by atoms with Gasteiger partial charge in [-0.2, -0.15) is 0 Å². The molecular formula is C15H24N2. The van der Waals surface area contributed by atoms with Crippen molar-refractivity contribution < 1.29 is 0 Å². The molecule has 1 aromatic rings. The second kappa shape index (κ2) is 5.65. The molecule has 0 radical (unpaired) electrons. The van der Waals surface area contributed by atoms with E-state index in [0.717, 1.165) is 19.6 Å². The van der Waals surface area contributed by atoms with Crippen LogP contribution in [0.5, 0.6) is 0 Å². The molecule has 94 valence electrons. The molecule has 17 heavy (non-hydrogen) atoms. The standard InChI is InChI=1S/C15H24N2/c1-2-3-13-4-6-14(7-5-13)10-17-12-15(11-16)8-9-15/h4-7,17H,2-3,8-12,16H2,1H3. The minimum atomic E-state index is 0.433. The number of hydrogen-bond donors (Lipinski definition) is 2. The Balaban J connectivity index is 1.75. The fourth-order valence-electron chi connectivity index (χ4n) is 2.21. The van der Waals surface area contributed by atoms with Crippen molar-refractivity contribution in [2.45, 2.75) is 39.2 Å². The molecule has 2 heteroatoms. The quantitative estimate of drug-likeness (QED) is 0.758. The topological polar surface area (TPSA) is 38.0 Å². The van der Waals surface area contributed by atoms with Gasteiger partial charge in [-0.3, -0.25) is 0 Å². The Hall–Kier alpha value is -0.860. The minimum absolute atomic E-state index is 0.433. The molecule has 0 atom stereocenters. The van der Waals surface area contributed by atoms with Crippen molar-refractivity contribution in [1.82, 2.24) is 5.32 Å². The first kappa shape index (κ1) is 12.6. The second-order valence-corrected chi connectivity index (χ2v) is 5.37. The fraction of sp³-hybridized carbons (Fsp3) is 0.600. The van der Waals surface area contributed by atoms with Crippen molar-refractivity contribution in [3.05, 3.63) is 35.4 Å². The molecule has 3 N–H and O–H groups in total. The van der Waals surface area contributed by atoms with Gasteiger partial charge in [-0.1, -0.05) is 37.6 Å². The van der Waals surface area contributed by atoms with Crippen molar-refractivity contribution in [3.8, 4) is 0 Å². The predicted molar refractivity (Wildman–Crippen MR) is 72.9 cm³/mol. The first-order valence-corrected chi connectivity index (χ1v) is 6.77. The Morgan fingerprint density at radius 2 is 1.82 bits per heavy atom. The van der Waals surface area contributed by atoms with Crippen LogP contribution in [0.25, 0.3) is 0 Å². The van der Waals surface area contributed by atoms with Crippen LogP contribution in [0, 0.1) is 5.41 Å². The third kappa shape index (κ3) is 3.55. The number of nitrogens with two attached hydrogens (primary N) is 1. The van der Waals surface area contributed by atoms with E-state index in [0.29, 0.717) is 5.41 Å². The van der Waals surface area contributed by atoms with Crippen molar-refractivity contribution in [2.75, 3.05) is 13.1 Å². The molecule has 1 saturated carbocycles. The Bertz CT molecular complexity index is 338. The lowest BCUT2D eigenvalue weighted by Crippen LogP contribution is -2.29. The first-order valence-electron chi connectivity index (χ1n) is 6.77. The van der Waals surface area contributed by atoms with E-state index in [-0.39, 0.29) is 0 Å². The van der Waals surface area contributed by atoms with Crippen LogP contribution in [0.2, 0.25) is 0 Å². The summed E-state index contributed by atoms with van der Waals surface area (Å²) < 4.78 is 0. The van der Waals surface area contributed by atoms with Crippen LogP contribution in [-0.2, 0) is 13.0 Å². The van der Waals surface area contributed by atoms with Gasteiger partial charge in [-0.25, -0.2) is 0 Å².